The van der Waals surface area contributed by atoms with Gasteiger partial charge in [-0.1, -0.05) is 63.7 Å². The molecule has 0 saturated heterocycles. The van der Waals surface area contributed by atoms with Gasteiger partial charge in [-0.3, -0.25) is 4.98 Å². The molecule has 0 aliphatic carbocycles. The van der Waals surface area contributed by atoms with Crippen LogP contribution in [-0.4, -0.2) is 56.7 Å². The predicted molar refractivity (Wildman–Crippen MR) is 200 cm³/mol. The Morgan fingerprint density at radius 1 is 1.10 bits per heavy atom. The molecule has 6 rings (SSSR count). The molecular weight excluding hydrogens is 654 g/mol. The Bertz CT molecular complexity index is 1920. The number of aldehydes is 1. The number of H-pyrrole nitrogens is 1. The fourth-order valence-electron chi connectivity index (χ4n) is 6.30. The summed E-state index contributed by atoms with van der Waals surface area (Å²) in [5, 5.41) is 6.09. The van der Waals surface area contributed by atoms with Crippen LogP contribution in [0.25, 0.3) is 22.4 Å². The van der Waals surface area contributed by atoms with Crippen LogP contribution in [0.3, 0.4) is 0 Å². The highest BCUT2D eigenvalue weighted by molar-refractivity contribution is 7.99. The van der Waals surface area contributed by atoms with Crippen LogP contribution in [0.15, 0.2) is 70.7 Å². The summed E-state index contributed by atoms with van der Waals surface area (Å²) in [5.74, 6) is 3.08. The zero-order chi connectivity index (χ0) is 35.4. The number of halogens is 1. The van der Waals surface area contributed by atoms with Crippen molar-refractivity contribution < 1.29 is 13.9 Å². The first-order valence-corrected chi connectivity index (χ1v) is 18.6. The number of carbonyl (C=O) groups excluding carboxylic acids is 1. The molecule has 2 aromatic carbocycles. The van der Waals surface area contributed by atoms with Gasteiger partial charge in [0.2, 0.25) is 0 Å². The summed E-state index contributed by atoms with van der Waals surface area (Å²) in [4.78, 5) is 26.4. The quantitative estimate of drug-likeness (QED) is 0.187. The Labute approximate surface area is 298 Å². The molecule has 49 heavy (non-hydrogen) atoms. The number of benzene rings is 2. The topological polar surface area (TPSA) is 85.7 Å². The zero-order valence-electron chi connectivity index (χ0n) is 29.9. The highest BCUT2D eigenvalue weighted by Crippen LogP contribution is 2.42. The van der Waals surface area contributed by atoms with Gasteiger partial charge in [0.05, 0.1) is 10.3 Å². The summed E-state index contributed by atoms with van der Waals surface area (Å²) in [7, 11) is 5.16. The molecular formula is C39H48FN5O2S2. The van der Waals surface area contributed by atoms with Crippen LogP contribution in [0, 0.1) is 16.6 Å². The van der Waals surface area contributed by atoms with E-state index in [1.807, 2.05) is 55.7 Å². The molecule has 0 unspecified atom stereocenters. The van der Waals surface area contributed by atoms with E-state index in [0.29, 0.717) is 22.8 Å². The molecule has 4 bridgehead atoms. The van der Waals surface area contributed by atoms with Gasteiger partial charge in [0.15, 0.2) is 11.6 Å². The number of hydrogen-bond acceptors (Lipinski definition) is 7. The number of nitrogens with one attached hydrogen (secondary N) is 1. The van der Waals surface area contributed by atoms with Crippen molar-refractivity contribution in [2.45, 2.75) is 75.5 Å². The second-order valence-electron chi connectivity index (χ2n) is 14.7. The third-order valence-corrected chi connectivity index (χ3v) is 11.8. The molecule has 0 spiro atoms. The Kier molecular flexibility index (Phi) is 11.4. The van der Waals surface area contributed by atoms with E-state index in [9.17, 15) is 4.79 Å². The molecule has 3 aromatic heterocycles. The maximum atomic E-state index is 15.7. The number of aromatic amines is 1. The Morgan fingerprint density at radius 3 is 2.63 bits per heavy atom. The summed E-state index contributed by atoms with van der Waals surface area (Å²) in [6, 6.07) is 16.2. The standard InChI is InChI=1S/C37H42FN5OS2.C2H6O/c1-35(2)13-14-37(5,25-9-7-8-24(18-25)21-36(3,4)22-44)34-41-33(43(6)42-34)31-19-26(10-15-40-31)46-32-28(12-17-45-23-35)27-11-16-39-30(27)20-29(32)38;1-3-2/h7-11,15-16,18-20,22,39H,12-14,17,21,23H2,1-6H3;1-2H3/t37-;/m1./s1. The van der Waals surface area contributed by atoms with E-state index >= 15 is 4.39 Å². The summed E-state index contributed by atoms with van der Waals surface area (Å²) in [5.41, 5.74) is 3.96. The third kappa shape index (κ3) is 8.47. The zero-order valence-corrected chi connectivity index (χ0v) is 31.5. The lowest BCUT2D eigenvalue weighted by Crippen LogP contribution is -2.29. The summed E-state index contributed by atoms with van der Waals surface area (Å²) >= 11 is 3.38. The molecule has 0 fully saturated rings. The lowest BCUT2D eigenvalue weighted by atomic mass is 9.73. The van der Waals surface area contributed by atoms with E-state index < -0.39 is 10.8 Å². The maximum Gasteiger partial charge on any atom is 0.176 e. The van der Waals surface area contributed by atoms with Crippen LogP contribution in [0.4, 0.5) is 4.39 Å². The molecule has 0 amide bonds. The first-order valence-electron chi connectivity index (χ1n) is 16.7. The number of rotatable bonds is 4. The van der Waals surface area contributed by atoms with Crippen molar-refractivity contribution in [2.24, 2.45) is 17.9 Å². The molecule has 7 nitrogen and oxygen atoms in total. The number of ether oxygens (including phenoxy) is 1. The van der Waals surface area contributed by atoms with Crippen LogP contribution in [0.1, 0.15) is 70.0 Å². The first-order chi connectivity index (χ1) is 23.3. The Morgan fingerprint density at radius 2 is 1.88 bits per heavy atom. The number of hydrogen-bond donors (Lipinski definition) is 1. The molecule has 0 radical (unpaired) electrons. The second-order valence-corrected chi connectivity index (χ2v) is 16.8. The van der Waals surface area contributed by atoms with Crippen molar-refractivity contribution in [3.63, 3.8) is 0 Å². The van der Waals surface area contributed by atoms with E-state index in [0.717, 1.165) is 75.4 Å². The SMILES string of the molecule is COC.Cn1nc2nc1-c1cc(ccn1)Sc1c(F)cc3[nH]ccc3c1CCSCC(C)(C)CC[C@]2(C)c1cccc(CC(C)(C)C=O)c1. The summed E-state index contributed by atoms with van der Waals surface area (Å²) in [6.45, 7) is 10.9. The third-order valence-electron chi connectivity index (χ3n) is 9.14. The number of methoxy groups -OCH3 is 1. The van der Waals surface area contributed by atoms with Crippen LogP contribution >= 0.6 is 23.5 Å². The number of thioether (sulfide) groups is 1. The van der Waals surface area contributed by atoms with Gasteiger partial charge < -0.3 is 14.5 Å². The average molecular weight is 702 g/mol. The minimum Gasteiger partial charge on any atom is -0.388 e. The van der Waals surface area contributed by atoms with Crippen molar-refractivity contribution >= 4 is 40.7 Å². The van der Waals surface area contributed by atoms with Crippen LogP contribution in [-0.2, 0) is 34.8 Å². The normalized spacial score (nSPS) is 18.2. The molecule has 1 N–H and O–H groups in total. The number of fused-ring (bicyclic) bond motifs is 8. The number of pyridine rings is 1. The van der Waals surface area contributed by atoms with Gasteiger partial charge in [-0.05, 0) is 90.5 Å². The van der Waals surface area contributed by atoms with Crippen LogP contribution < -0.4 is 0 Å². The summed E-state index contributed by atoms with van der Waals surface area (Å²) in [6.07, 6.45) is 7.95. The van der Waals surface area contributed by atoms with Gasteiger partial charge in [-0.2, -0.15) is 16.9 Å². The van der Waals surface area contributed by atoms with E-state index in [2.05, 4.69) is 60.8 Å². The van der Waals surface area contributed by atoms with E-state index in [1.165, 1.54) is 11.8 Å². The number of aromatic nitrogens is 5. The minimum atomic E-state index is -0.473. The lowest BCUT2D eigenvalue weighted by Gasteiger charge is -2.33. The van der Waals surface area contributed by atoms with Crippen molar-refractivity contribution in [3.8, 4) is 11.5 Å². The molecule has 0 saturated carbocycles. The number of nitrogens with zero attached hydrogens (tertiary/aromatic N) is 4. The molecule has 260 valence electrons. The van der Waals surface area contributed by atoms with E-state index in [4.69, 9.17) is 15.1 Å². The predicted octanol–water partition coefficient (Wildman–Crippen LogP) is 9.08. The van der Waals surface area contributed by atoms with Crippen molar-refractivity contribution in [1.82, 2.24) is 24.7 Å². The minimum absolute atomic E-state index is 0.0473. The van der Waals surface area contributed by atoms with Crippen LogP contribution in [0.2, 0.25) is 0 Å². The van der Waals surface area contributed by atoms with Gasteiger partial charge in [-0.15, -0.1) is 0 Å². The fraction of sp³-hybridized carbons (Fsp3) is 0.436. The smallest absolute Gasteiger partial charge is 0.176 e. The number of aryl methyl sites for hydroxylation is 2. The summed E-state index contributed by atoms with van der Waals surface area (Å²) < 4.78 is 21.7. The molecule has 4 heterocycles. The van der Waals surface area contributed by atoms with Gasteiger partial charge in [0, 0.05) is 54.9 Å². The lowest BCUT2D eigenvalue weighted by molar-refractivity contribution is -0.114. The molecule has 1 atom stereocenters. The second kappa shape index (κ2) is 15.2. The van der Waals surface area contributed by atoms with Gasteiger partial charge >= 0.3 is 0 Å². The van der Waals surface area contributed by atoms with Crippen molar-refractivity contribution in [1.29, 1.82) is 0 Å². The first kappa shape index (κ1) is 36.8. The molecule has 1 aliphatic rings. The monoisotopic (exact) mass is 701 g/mol. The number of carbonyl (C=O) groups is 1. The largest absolute Gasteiger partial charge is 0.388 e. The van der Waals surface area contributed by atoms with Gasteiger partial charge in [-0.25, -0.2) is 14.1 Å². The van der Waals surface area contributed by atoms with Crippen molar-refractivity contribution in [3.05, 3.63) is 89.3 Å². The fourth-order valence-corrected chi connectivity index (χ4v) is 8.52. The van der Waals surface area contributed by atoms with E-state index in [-0.39, 0.29) is 11.2 Å². The average Bonchev–Trinajstić information content (AvgIpc) is 3.70. The van der Waals surface area contributed by atoms with Gasteiger partial charge in [0.1, 0.15) is 17.8 Å². The van der Waals surface area contributed by atoms with Crippen molar-refractivity contribution in [2.75, 3.05) is 25.7 Å². The maximum absolute atomic E-state index is 15.7. The van der Waals surface area contributed by atoms with Crippen LogP contribution in [0.5, 0.6) is 0 Å². The molecule has 1 aliphatic heterocycles. The van der Waals surface area contributed by atoms with E-state index in [1.54, 1.807) is 26.5 Å². The molecule has 10 heteroatoms. The molecule has 5 aromatic rings. The van der Waals surface area contributed by atoms with Gasteiger partial charge in [0.25, 0.3) is 0 Å². The highest BCUT2D eigenvalue weighted by Gasteiger charge is 2.37. The highest BCUT2D eigenvalue weighted by atomic mass is 32.2. The Hall–Kier alpha value is -3.47. The Balaban J connectivity index is 0.00000151.